The lowest BCUT2D eigenvalue weighted by atomic mass is 10.2. The van der Waals surface area contributed by atoms with Crippen molar-refractivity contribution >= 4 is 28.8 Å². The second-order valence-corrected chi connectivity index (χ2v) is 5.94. The summed E-state index contributed by atoms with van der Waals surface area (Å²) in [5.74, 6) is 0.374. The fourth-order valence-electron chi connectivity index (χ4n) is 2.11. The van der Waals surface area contributed by atoms with Gasteiger partial charge in [0.2, 0.25) is 5.91 Å². The van der Waals surface area contributed by atoms with Crippen LogP contribution in [0, 0.1) is 0 Å². The van der Waals surface area contributed by atoms with Crippen LogP contribution in [0.5, 0.6) is 0 Å². The topological polar surface area (TPSA) is 54.5 Å². The maximum atomic E-state index is 11.9. The Labute approximate surface area is 128 Å². The average Bonchev–Trinajstić information content (AvgIpc) is 2.93. The standard InChI is InChI=1S/C13H20ClN3O2S/c1-2-17-3-4-19-11(8-17)7-15-12(18)5-13-16-10(6-14)9-20-13/h9,11H,2-8H2,1H3,(H,15,18). The maximum Gasteiger partial charge on any atom is 0.226 e. The van der Waals surface area contributed by atoms with Crippen LogP contribution in [0.2, 0.25) is 0 Å². The molecule has 1 aromatic heterocycles. The molecular weight excluding hydrogens is 298 g/mol. The Morgan fingerprint density at radius 3 is 3.25 bits per heavy atom. The lowest BCUT2D eigenvalue weighted by Crippen LogP contribution is -2.47. The number of carbonyl (C=O) groups is 1. The van der Waals surface area contributed by atoms with Crippen LogP contribution >= 0.6 is 22.9 Å². The summed E-state index contributed by atoms with van der Waals surface area (Å²) in [4.78, 5) is 18.5. The molecule has 1 saturated heterocycles. The highest BCUT2D eigenvalue weighted by molar-refractivity contribution is 7.09. The predicted molar refractivity (Wildman–Crippen MR) is 80.2 cm³/mol. The molecule has 112 valence electrons. The van der Waals surface area contributed by atoms with Gasteiger partial charge < -0.3 is 10.1 Å². The largest absolute Gasteiger partial charge is 0.374 e. The number of nitrogens with one attached hydrogen (secondary N) is 1. The zero-order valence-corrected chi connectivity index (χ0v) is 13.2. The van der Waals surface area contributed by atoms with E-state index in [9.17, 15) is 4.79 Å². The van der Waals surface area contributed by atoms with Crippen molar-refractivity contribution in [1.29, 1.82) is 0 Å². The molecule has 0 aromatic carbocycles. The first-order valence-corrected chi connectivity index (χ1v) is 8.22. The summed E-state index contributed by atoms with van der Waals surface area (Å²) in [5, 5.41) is 5.61. The molecule has 1 N–H and O–H groups in total. The van der Waals surface area contributed by atoms with Crippen molar-refractivity contribution in [2.75, 3.05) is 32.8 Å². The van der Waals surface area contributed by atoms with Crippen molar-refractivity contribution in [3.8, 4) is 0 Å². The summed E-state index contributed by atoms with van der Waals surface area (Å²) >= 11 is 7.16. The van der Waals surface area contributed by atoms with E-state index in [1.165, 1.54) is 11.3 Å². The number of alkyl halides is 1. The summed E-state index contributed by atoms with van der Waals surface area (Å²) in [6.07, 6.45) is 0.397. The monoisotopic (exact) mass is 317 g/mol. The smallest absolute Gasteiger partial charge is 0.226 e. The van der Waals surface area contributed by atoms with Gasteiger partial charge in [0, 0.05) is 25.0 Å². The van der Waals surface area contributed by atoms with Gasteiger partial charge in [-0.25, -0.2) is 4.98 Å². The van der Waals surface area contributed by atoms with E-state index in [-0.39, 0.29) is 12.0 Å². The van der Waals surface area contributed by atoms with Crippen molar-refractivity contribution in [2.24, 2.45) is 0 Å². The van der Waals surface area contributed by atoms with Gasteiger partial charge in [0.05, 0.1) is 30.7 Å². The Bertz CT molecular complexity index is 441. The van der Waals surface area contributed by atoms with Gasteiger partial charge in [-0.15, -0.1) is 22.9 Å². The molecule has 0 radical (unpaired) electrons. The van der Waals surface area contributed by atoms with Crippen LogP contribution in [0.25, 0.3) is 0 Å². The fourth-order valence-corrected chi connectivity index (χ4v) is 3.13. The first-order chi connectivity index (χ1) is 9.71. The van der Waals surface area contributed by atoms with Crippen LogP contribution in [0.3, 0.4) is 0 Å². The fraction of sp³-hybridized carbons (Fsp3) is 0.692. The van der Waals surface area contributed by atoms with Gasteiger partial charge in [-0.3, -0.25) is 9.69 Å². The highest BCUT2D eigenvalue weighted by Crippen LogP contribution is 2.12. The first kappa shape index (κ1) is 15.7. The quantitative estimate of drug-likeness (QED) is 0.803. The number of hydrogen-bond acceptors (Lipinski definition) is 5. The number of likely N-dealkylation sites (N-methyl/N-ethyl adjacent to an activating group) is 1. The van der Waals surface area contributed by atoms with Gasteiger partial charge >= 0.3 is 0 Å². The van der Waals surface area contributed by atoms with Gasteiger partial charge in [-0.1, -0.05) is 6.92 Å². The summed E-state index contributed by atoms with van der Waals surface area (Å²) in [5.41, 5.74) is 0.827. The van der Waals surface area contributed by atoms with Crippen LogP contribution in [-0.4, -0.2) is 54.7 Å². The van der Waals surface area contributed by atoms with Gasteiger partial charge in [-0.05, 0) is 6.54 Å². The molecule has 1 fully saturated rings. The SMILES string of the molecule is CCN1CCOC(CNC(=O)Cc2nc(CCl)cs2)C1. The Morgan fingerprint density at radius 1 is 1.70 bits per heavy atom. The minimum absolute atomic E-state index is 0.0160. The molecule has 1 amide bonds. The summed E-state index contributed by atoms with van der Waals surface area (Å²) in [7, 11) is 0. The lowest BCUT2D eigenvalue weighted by Gasteiger charge is -2.32. The maximum absolute atomic E-state index is 11.9. The Morgan fingerprint density at radius 2 is 2.55 bits per heavy atom. The Hall–Kier alpha value is -0.690. The second-order valence-electron chi connectivity index (χ2n) is 4.73. The molecule has 1 unspecified atom stereocenters. The number of carbonyl (C=O) groups excluding carboxylic acids is 1. The van der Waals surface area contributed by atoms with Crippen LogP contribution in [0.4, 0.5) is 0 Å². The van der Waals surface area contributed by atoms with E-state index in [1.54, 1.807) is 0 Å². The van der Waals surface area contributed by atoms with E-state index in [1.807, 2.05) is 5.38 Å². The van der Waals surface area contributed by atoms with Crippen molar-refractivity contribution in [2.45, 2.75) is 25.3 Å². The van der Waals surface area contributed by atoms with Crippen LogP contribution in [0.15, 0.2) is 5.38 Å². The third-order valence-electron chi connectivity index (χ3n) is 3.25. The highest BCUT2D eigenvalue weighted by atomic mass is 35.5. The van der Waals surface area contributed by atoms with E-state index in [2.05, 4.69) is 22.1 Å². The third-order valence-corrected chi connectivity index (χ3v) is 4.42. The van der Waals surface area contributed by atoms with Gasteiger partial charge in [0.15, 0.2) is 0 Å². The zero-order valence-electron chi connectivity index (χ0n) is 11.6. The van der Waals surface area contributed by atoms with E-state index in [0.717, 1.165) is 36.9 Å². The molecule has 2 rings (SSSR count). The summed E-state index contributed by atoms with van der Waals surface area (Å²) in [6.45, 7) is 6.31. The van der Waals surface area contributed by atoms with Crippen molar-refractivity contribution in [3.63, 3.8) is 0 Å². The molecule has 2 heterocycles. The zero-order chi connectivity index (χ0) is 14.4. The van der Waals surface area contributed by atoms with Crippen molar-refractivity contribution < 1.29 is 9.53 Å². The van der Waals surface area contributed by atoms with Gasteiger partial charge in [0.1, 0.15) is 5.01 Å². The number of halogens is 1. The number of thiazole rings is 1. The second kappa shape index (κ2) is 7.93. The molecule has 20 heavy (non-hydrogen) atoms. The summed E-state index contributed by atoms with van der Waals surface area (Å²) in [6, 6.07) is 0. The number of nitrogens with zero attached hydrogens (tertiary/aromatic N) is 2. The number of morpholine rings is 1. The first-order valence-electron chi connectivity index (χ1n) is 6.81. The predicted octanol–water partition coefficient (Wildman–Crippen LogP) is 1.26. The normalized spacial score (nSPS) is 20.0. The molecule has 0 saturated carbocycles. The van der Waals surface area contributed by atoms with Crippen LogP contribution in [0.1, 0.15) is 17.6 Å². The number of aromatic nitrogens is 1. The molecule has 1 aliphatic rings. The average molecular weight is 318 g/mol. The van der Waals surface area contributed by atoms with E-state index in [4.69, 9.17) is 16.3 Å². The van der Waals surface area contributed by atoms with Crippen molar-refractivity contribution in [1.82, 2.24) is 15.2 Å². The molecule has 0 aliphatic carbocycles. The molecule has 0 bridgehead atoms. The lowest BCUT2D eigenvalue weighted by molar-refractivity contribution is -0.121. The van der Waals surface area contributed by atoms with Gasteiger partial charge in [0.25, 0.3) is 0 Å². The molecule has 1 aromatic rings. The summed E-state index contributed by atoms with van der Waals surface area (Å²) < 4.78 is 5.65. The Balaban J connectivity index is 1.72. The minimum Gasteiger partial charge on any atom is -0.374 e. The Kier molecular flexibility index (Phi) is 6.22. The van der Waals surface area contributed by atoms with E-state index in [0.29, 0.717) is 18.8 Å². The molecule has 0 spiro atoms. The molecule has 1 aliphatic heterocycles. The number of amides is 1. The molecule has 7 heteroatoms. The third kappa shape index (κ3) is 4.70. The van der Waals surface area contributed by atoms with Crippen LogP contribution in [-0.2, 0) is 21.8 Å². The van der Waals surface area contributed by atoms with Gasteiger partial charge in [-0.2, -0.15) is 0 Å². The molecule has 1 atom stereocenters. The number of rotatable bonds is 6. The van der Waals surface area contributed by atoms with E-state index < -0.39 is 0 Å². The van der Waals surface area contributed by atoms with Crippen LogP contribution < -0.4 is 5.32 Å². The number of hydrogen-bond donors (Lipinski definition) is 1. The highest BCUT2D eigenvalue weighted by Gasteiger charge is 2.19. The minimum atomic E-state index is -0.0160. The number of ether oxygens (including phenoxy) is 1. The van der Waals surface area contributed by atoms with Crippen molar-refractivity contribution in [3.05, 3.63) is 16.1 Å². The molecule has 5 nitrogen and oxygen atoms in total. The molecular formula is C13H20ClN3O2S. The van der Waals surface area contributed by atoms with E-state index >= 15 is 0 Å².